The van der Waals surface area contributed by atoms with Crippen LogP contribution in [0.4, 0.5) is 0 Å². The van der Waals surface area contributed by atoms with E-state index in [0.29, 0.717) is 18.8 Å². The Morgan fingerprint density at radius 1 is 1.08 bits per heavy atom. The van der Waals surface area contributed by atoms with E-state index in [1.54, 1.807) is 6.08 Å². The van der Waals surface area contributed by atoms with E-state index in [4.69, 9.17) is 21.1 Å². The molecule has 2 aliphatic rings. The van der Waals surface area contributed by atoms with Crippen molar-refractivity contribution in [1.82, 2.24) is 4.90 Å². The van der Waals surface area contributed by atoms with Gasteiger partial charge in [0.25, 0.3) is 0 Å². The van der Waals surface area contributed by atoms with Gasteiger partial charge in [-0.1, -0.05) is 35.9 Å². The van der Waals surface area contributed by atoms with Gasteiger partial charge in [0.05, 0.1) is 0 Å². The standard InChI is InChI=1S/C21H18ClNO3/c22-18-5-3-16(4-6-18)17-9-11-23(12-10-17)21(24)8-2-15-1-7-19-20(13-15)26-14-25-19/h1-9,13H,10-12,14H2/b8-2+. The second-order valence-corrected chi connectivity index (χ2v) is 6.65. The number of carbonyl (C=O) groups is 1. The van der Waals surface area contributed by atoms with Crippen LogP contribution in [0.1, 0.15) is 17.5 Å². The average Bonchev–Trinajstić information content (AvgIpc) is 3.15. The van der Waals surface area contributed by atoms with Crippen molar-refractivity contribution in [3.63, 3.8) is 0 Å². The number of halogens is 1. The van der Waals surface area contributed by atoms with E-state index in [1.165, 1.54) is 5.57 Å². The van der Waals surface area contributed by atoms with Gasteiger partial charge >= 0.3 is 0 Å². The fourth-order valence-corrected chi connectivity index (χ4v) is 3.21. The highest BCUT2D eigenvalue weighted by atomic mass is 35.5. The molecule has 2 aromatic rings. The molecule has 0 saturated heterocycles. The van der Waals surface area contributed by atoms with Crippen LogP contribution in [-0.4, -0.2) is 30.7 Å². The predicted molar refractivity (Wildman–Crippen MR) is 102 cm³/mol. The van der Waals surface area contributed by atoms with Crippen LogP contribution in [0.5, 0.6) is 11.5 Å². The third-order valence-electron chi connectivity index (χ3n) is 4.55. The summed E-state index contributed by atoms with van der Waals surface area (Å²) >= 11 is 5.94. The van der Waals surface area contributed by atoms with E-state index in [1.807, 2.05) is 53.4 Å². The highest BCUT2D eigenvalue weighted by molar-refractivity contribution is 6.30. The van der Waals surface area contributed by atoms with Crippen LogP contribution < -0.4 is 9.47 Å². The van der Waals surface area contributed by atoms with E-state index in [2.05, 4.69) is 6.08 Å². The van der Waals surface area contributed by atoms with E-state index in [-0.39, 0.29) is 12.7 Å². The Hall–Kier alpha value is -2.72. The van der Waals surface area contributed by atoms with Gasteiger partial charge in [0.1, 0.15) is 0 Å². The first kappa shape index (κ1) is 16.7. The third kappa shape index (κ3) is 3.60. The van der Waals surface area contributed by atoms with Crippen LogP contribution in [0.25, 0.3) is 11.6 Å². The number of amides is 1. The first-order valence-electron chi connectivity index (χ1n) is 8.51. The van der Waals surface area contributed by atoms with Crippen LogP contribution in [0.3, 0.4) is 0 Å². The minimum atomic E-state index is 0.00840. The van der Waals surface area contributed by atoms with Gasteiger partial charge in [0.2, 0.25) is 12.7 Å². The molecule has 2 heterocycles. The summed E-state index contributed by atoms with van der Waals surface area (Å²) in [4.78, 5) is 14.3. The second-order valence-electron chi connectivity index (χ2n) is 6.22. The summed E-state index contributed by atoms with van der Waals surface area (Å²) in [6, 6.07) is 13.5. The maximum absolute atomic E-state index is 12.4. The molecule has 0 spiro atoms. The third-order valence-corrected chi connectivity index (χ3v) is 4.80. The zero-order chi connectivity index (χ0) is 17.9. The lowest BCUT2D eigenvalue weighted by Crippen LogP contribution is -2.33. The molecular formula is C21H18ClNO3. The second kappa shape index (κ2) is 7.26. The smallest absolute Gasteiger partial charge is 0.246 e. The van der Waals surface area contributed by atoms with Gasteiger partial charge in [0.15, 0.2) is 11.5 Å². The Kier molecular flexibility index (Phi) is 4.67. The molecule has 0 aromatic heterocycles. The van der Waals surface area contributed by atoms with Crippen molar-refractivity contribution in [3.05, 3.63) is 70.8 Å². The number of hydrogen-bond acceptors (Lipinski definition) is 3. The molecule has 4 nitrogen and oxygen atoms in total. The van der Waals surface area contributed by atoms with Crippen LogP contribution in [-0.2, 0) is 4.79 Å². The number of hydrogen-bond donors (Lipinski definition) is 0. The summed E-state index contributed by atoms with van der Waals surface area (Å²) in [6.07, 6.45) is 6.37. The zero-order valence-corrected chi connectivity index (χ0v) is 14.9. The van der Waals surface area contributed by atoms with Gasteiger partial charge < -0.3 is 14.4 Å². The Bertz CT molecular complexity index is 887. The molecule has 0 radical (unpaired) electrons. The molecular weight excluding hydrogens is 350 g/mol. The van der Waals surface area contributed by atoms with Crippen molar-refractivity contribution in [2.24, 2.45) is 0 Å². The normalized spacial score (nSPS) is 16.0. The number of rotatable bonds is 3. The minimum Gasteiger partial charge on any atom is -0.454 e. The molecule has 0 aliphatic carbocycles. The Labute approximate surface area is 157 Å². The molecule has 5 heteroatoms. The molecule has 0 atom stereocenters. The minimum absolute atomic E-state index is 0.00840. The Morgan fingerprint density at radius 2 is 1.88 bits per heavy atom. The topological polar surface area (TPSA) is 38.8 Å². The summed E-state index contributed by atoms with van der Waals surface area (Å²) in [5, 5.41) is 0.732. The van der Waals surface area contributed by atoms with E-state index in [0.717, 1.165) is 28.3 Å². The monoisotopic (exact) mass is 367 g/mol. The molecule has 2 aliphatic heterocycles. The summed E-state index contributed by atoms with van der Waals surface area (Å²) in [5.74, 6) is 1.46. The molecule has 4 rings (SSSR count). The molecule has 0 fully saturated rings. The Morgan fingerprint density at radius 3 is 2.65 bits per heavy atom. The number of carbonyl (C=O) groups excluding carboxylic acids is 1. The van der Waals surface area contributed by atoms with Gasteiger partial charge in [-0.3, -0.25) is 4.79 Å². The average molecular weight is 368 g/mol. The highest BCUT2D eigenvalue weighted by Crippen LogP contribution is 2.32. The SMILES string of the molecule is O=C(/C=C/c1ccc2c(c1)OCO2)N1CC=C(c2ccc(Cl)cc2)CC1. The fourth-order valence-electron chi connectivity index (χ4n) is 3.09. The van der Waals surface area contributed by atoms with Crippen LogP contribution >= 0.6 is 11.6 Å². The van der Waals surface area contributed by atoms with E-state index < -0.39 is 0 Å². The van der Waals surface area contributed by atoms with Gasteiger partial charge in [-0.2, -0.15) is 0 Å². The van der Waals surface area contributed by atoms with Gasteiger partial charge in [-0.25, -0.2) is 0 Å². The highest BCUT2D eigenvalue weighted by Gasteiger charge is 2.16. The molecule has 0 bridgehead atoms. The molecule has 0 saturated carbocycles. The quantitative estimate of drug-likeness (QED) is 0.755. The van der Waals surface area contributed by atoms with E-state index >= 15 is 0 Å². The van der Waals surface area contributed by atoms with Crippen molar-refractivity contribution in [2.45, 2.75) is 6.42 Å². The molecule has 0 N–H and O–H groups in total. The van der Waals surface area contributed by atoms with Gasteiger partial charge in [-0.15, -0.1) is 0 Å². The van der Waals surface area contributed by atoms with Crippen molar-refractivity contribution >= 4 is 29.2 Å². The molecule has 132 valence electrons. The fraction of sp³-hybridized carbons (Fsp3) is 0.190. The largest absolute Gasteiger partial charge is 0.454 e. The van der Waals surface area contributed by atoms with E-state index in [9.17, 15) is 4.79 Å². The number of ether oxygens (including phenoxy) is 2. The summed E-state index contributed by atoms with van der Waals surface area (Å²) in [5.41, 5.74) is 3.33. The van der Waals surface area contributed by atoms with Crippen molar-refractivity contribution in [3.8, 4) is 11.5 Å². The lowest BCUT2D eigenvalue weighted by atomic mass is 9.99. The van der Waals surface area contributed by atoms with Crippen LogP contribution in [0, 0.1) is 0 Å². The maximum Gasteiger partial charge on any atom is 0.246 e. The predicted octanol–water partition coefficient (Wildman–Crippen LogP) is 4.40. The first-order chi connectivity index (χ1) is 12.7. The van der Waals surface area contributed by atoms with Crippen LogP contribution in [0.2, 0.25) is 5.02 Å². The molecule has 1 amide bonds. The number of benzene rings is 2. The maximum atomic E-state index is 12.4. The Balaban J connectivity index is 1.39. The summed E-state index contributed by atoms with van der Waals surface area (Å²) in [6.45, 7) is 1.57. The number of nitrogens with zero attached hydrogens (tertiary/aromatic N) is 1. The lowest BCUT2D eigenvalue weighted by Gasteiger charge is -2.25. The van der Waals surface area contributed by atoms with Crippen LogP contribution in [0.15, 0.2) is 54.6 Å². The van der Waals surface area contributed by atoms with Gasteiger partial charge in [-0.05, 0) is 53.5 Å². The van der Waals surface area contributed by atoms with Crippen molar-refractivity contribution in [1.29, 1.82) is 0 Å². The molecule has 2 aromatic carbocycles. The first-order valence-corrected chi connectivity index (χ1v) is 8.88. The number of fused-ring (bicyclic) bond motifs is 1. The zero-order valence-electron chi connectivity index (χ0n) is 14.2. The molecule has 26 heavy (non-hydrogen) atoms. The lowest BCUT2D eigenvalue weighted by molar-refractivity contribution is -0.125. The van der Waals surface area contributed by atoms with Gasteiger partial charge in [0, 0.05) is 24.2 Å². The summed E-state index contributed by atoms with van der Waals surface area (Å²) < 4.78 is 10.6. The van der Waals surface area contributed by atoms with Crippen molar-refractivity contribution in [2.75, 3.05) is 19.9 Å². The van der Waals surface area contributed by atoms with Crippen molar-refractivity contribution < 1.29 is 14.3 Å². The molecule has 0 unspecified atom stereocenters. The summed E-state index contributed by atoms with van der Waals surface area (Å²) in [7, 11) is 0.